The van der Waals surface area contributed by atoms with Gasteiger partial charge in [-0.15, -0.1) is 0 Å². The Morgan fingerprint density at radius 2 is 2.18 bits per heavy atom. The van der Waals surface area contributed by atoms with Gasteiger partial charge in [0.2, 0.25) is 5.96 Å². The standard InChI is InChI=1S/C8H15N3/c1-5-6-10-8(9-4)11-7(2)3/h5-7H,4H2,1-3H3,(H,10,11)/b6-5-. The van der Waals surface area contributed by atoms with Crippen LogP contribution in [0.25, 0.3) is 0 Å². The average molecular weight is 153 g/mol. The fraction of sp³-hybridized carbons (Fsp3) is 0.500. The van der Waals surface area contributed by atoms with Crippen LogP contribution in [0.2, 0.25) is 0 Å². The maximum absolute atomic E-state index is 4.00. The SMILES string of the molecule is C=N/C(=N\C=C/C)NC(C)C. The zero-order valence-corrected chi connectivity index (χ0v) is 7.33. The summed E-state index contributed by atoms with van der Waals surface area (Å²) in [5.41, 5.74) is 0. The minimum absolute atomic E-state index is 0.338. The molecular weight excluding hydrogens is 138 g/mol. The number of nitrogens with one attached hydrogen (secondary N) is 1. The Morgan fingerprint density at radius 3 is 2.55 bits per heavy atom. The number of nitrogens with zero attached hydrogens (tertiary/aromatic N) is 2. The highest BCUT2D eigenvalue weighted by atomic mass is 15.1. The van der Waals surface area contributed by atoms with E-state index in [0.29, 0.717) is 12.0 Å². The Hall–Kier alpha value is -1.12. The van der Waals surface area contributed by atoms with Crippen molar-refractivity contribution in [3.8, 4) is 0 Å². The summed E-state index contributed by atoms with van der Waals surface area (Å²) in [7, 11) is 0. The van der Waals surface area contributed by atoms with Crippen LogP contribution in [0.3, 0.4) is 0 Å². The Morgan fingerprint density at radius 1 is 1.55 bits per heavy atom. The Bertz CT molecular complexity index is 168. The van der Waals surface area contributed by atoms with Gasteiger partial charge in [-0.25, -0.2) is 9.98 Å². The highest BCUT2D eigenvalue weighted by molar-refractivity contribution is 5.84. The molecule has 0 aliphatic heterocycles. The second kappa shape index (κ2) is 5.65. The maximum atomic E-state index is 4.00. The minimum Gasteiger partial charge on any atom is -0.352 e. The number of allylic oxidation sites excluding steroid dienone is 1. The predicted octanol–water partition coefficient (Wildman–Crippen LogP) is 1.57. The molecule has 0 amide bonds. The zero-order chi connectivity index (χ0) is 8.69. The van der Waals surface area contributed by atoms with Crippen LogP contribution in [-0.4, -0.2) is 18.7 Å². The third-order valence-electron chi connectivity index (χ3n) is 0.913. The van der Waals surface area contributed by atoms with Crippen molar-refractivity contribution in [2.75, 3.05) is 0 Å². The summed E-state index contributed by atoms with van der Waals surface area (Å²) in [6, 6.07) is 0.338. The van der Waals surface area contributed by atoms with Crippen molar-refractivity contribution in [3.05, 3.63) is 12.3 Å². The van der Waals surface area contributed by atoms with Crippen LogP contribution in [0.1, 0.15) is 20.8 Å². The molecule has 0 aromatic rings. The number of guanidine groups is 1. The van der Waals surface area contributed by atoms with Gasteiger partial charge >= 0.3 is 0 Å². The molecule has 0 atom stereocenters. The molecule has 0 heterocycles. The second-order valence-corrected chi connectivity index (χ2v) is 2.39. The van der Waals surface area contributed by atoms with Gasteiger partial charge in [-0.1, -0.05) is 6.08 Å². The van der Waals surface area contributed by atoms with E-state index in [1.54, 1.807) is 6.20 Å². The topological polar surface area (TPSA) is 36.8 Å². The van der Waals surface area contributed by atoms with Crippen molar-refractivity contribution in [2.24, 2.45) is 9.98 Å². The first-order valence-electron chi connectivity index (χ1n) is 3.63. The van der Waals surface area contributed by atoms with Gasteiger partial charge < -0.3 is 5.32 Å². The summed E-state index contributed by atoms with van der Waals surface area (Å²) in [5.74, 6) is 0.568. The van der Waals surface area contributed by atoms with Crippen molar-refractivity contribution in [1.29, 1.82) is 0 Å². The van der Waals surface area contributed by atoms with E-state index in [1.165, 1.54) is 0 Å². The van der Waals surface area contributed by atoms with E-state index in [0.717, 1.165) is 0 Å². The lowest BCUT2D eigenvalue weighted by molar-refractivity contribution is 0.728. The molecule has 11 heavy (non-hydrogen) atoms. The van der Waals surface area contributed by atoms with Crippen LogP contribution < -0.4 is 5.32 Å². The molecule has 0 bridgehead atoms. The molecule has 0 aromatic carbocycles. The number of hydrogen-bond acceptors (Lipinski definition) is 1. The molecule has 0 fully saturated rings. The summed E-state index contributed by atoms with van der Waals surface area (Å²) in [6.45, 7) is 9.34. The number of hydrogen-bond donors (Lipinski definition) is 1. The highest BCUT2D eigenvalue weighted by Gasteiger charge is 1.94. The van der Waals surface area contributed by atoms with Crippen molar-refractivity contribution in [1.82, 2.24) is 5.32 Å². The molecule has 0 unspecified atom stereocenters. The van der Waals surface area contributed by atoms with Gasteiger partial charge in [0.05, 0.1) is 0 Å². The molecule has 0 saturated carbocycles. The average Bonchev–Trinajstić information content (AvgIpc) is 1.97. The molecule has 0 aliphatic carbocycles. The fourth-order valence-electron chi connectivity index (χ4n) is 0.527. The van der Waals surface area contributed by atoms with Crippen LogP contribution >= 0.6 is 0 Å². The molecule has 0 saturated heterocycles. The zero-order valence-electron chi connectivity index (χ0n) is 7.33. The predicted molar refractivity (Wildman–Crippen MR) is 50.1 cm³/mol. The van der Waals surface area contributed by atoms with Crippen LogP contribution in [0.4, 0.5) is 0 Å². The summed E-state index contributed by atoms with van der Waals surface area (Å²) in [6.07, 6.45) is 3.52. The van der Waals surface area contributed by atoms with Crippen molar-refractivity contribution in [2.45, 2.75) is 26.8 Å². The summed E-state index contributed by atoms with van der Waals surface area (Å²) in [5, 5.41) is 3.03. The Kier molecular flexibility index (Phi) is 5.07. The lowest BCUT2D eigenvalue weighted by Crippen LogP contribution is -2.28. The first kappa shape index (κ1) is 9.88. The lowest BCUT2D eigenvalue weighted by Gasteiger charge is -2.06. The van der Waals surface area contributed by atoms with E-state index in [1.807, 2.05) is 26.8 Å². The van der Waals surface area contributed by atoms with Crippen molar-refractivity contribution >= 4 is 12.7 Å². The van der Waals surface area contributed by atoms with Gasteiger partial charge in [0.1, 0.15) is 0 Å². The monoisotopic (exact) mass is 153 g/mol. The van der Waals surface area contributed by atoms with Gasteiger partial charge in [-0.05, 0) is 27.5 Å². The molecule has 3 nitrogen and oxygen atoms in total. The van der Waals surface area contributed by atoms with Crippen molar-refractivity contribution < 1.29 is 0 Å². The lowest BCUT2D eigenvalue weighted by atomic mass is 10.4. The minimum atomic E-state index is 0.338. The molecule has 0 aromatic heterocycles. The molecule has 62 valence electrons. The Labute approximate surface area is 67.9 Å². The van der Waals surface area contributed by atoms with E-state index < -0.39 is 0 Å². The number of rotatable bonds is 2. The van der Waals surface area contributed by atoms with Crippen LogP contribution in [0.15, 0.2) is 22.3 Å². The third-order valence-corrected chi connectivity index (χ3v) is 0.913. The molecule has 0 spiro atoms. The molecule has 0 rings (SSSR count). The van der Waals surface area contributed by atoms with Gasteiger partial charge in [-0.2, -0.15) is 0 Å². The Balaban J connectivity index is 4.04. The van der Waals surface area contributed by atoms with Gasteiger partial charge in [-0.3, -0.25) is 0 Å². The molecular formula is C8H15N3. The summed E-state index contributed by atoms with van der Waals surface area (Å²) in [4.78, 5) is 7.70. The summed E-state index contributed by atoms with van der Waals surface area (Å²) >= 11 is 0. The highest BCUT2D eigenvalue weighted by Crippen LogP contribution is 1.83. The van der Waals surface area contributed by atoms with E-state index in [4.69, 9.17) is 0 Å². The van der Waals surface area contributed by atoms with Crippen LogP contribution in [0.5, 0.6) is 0 Å². The third kappa shape index (κ3) is 5.33. The smallest absolute Gasteiger partial charge is 0.222 e. The summed E-state index contributed by atoms with van der Waals surface area (Å²) < 4.78 is 0. The van der Waals surface area contributed by atoms with Crippen molar-refractivity contribution in [3.63, 3.8) is 0 Å². The van der Waals surface area contributed by atoms with E-state index >= 15 is 0 Å². The number of aliphatic imine (C=N–C) groups is 2. The quantitative estimate of drug-likeness (QED) is 0.474. The van der Waals surface area contributed by atoms with E-state index in [-0.39, 0.29) is 0 Å². The van der Waals surface area contributed by atoms with Gasteiger partial charge in [0, 0.05) is 12.2 Å². The molecule has 0 radical (unpaired) electrons. The maximum Gasteiger partial charge on any atom is 0.222 e. The first-order valence-corrected chi connectivity index (χ1v) is 3.63. The van der Waals surface area contributed by atoms with Crippen LogP contribution in [-0.2, 0) is 0 Å². The normalized spacial score (nSPS) is 12.5. The van der Waals surface area contributed by atoms with E-state index in [2.05, 4.69) is 22.0 Å². The second-order valence-electron chi connectivity index (χ2n) is 2.39. The van der Waals surface area contributed by atoms with Crippen LogP contribution in [0, 0.1) is 0 Å². The first-order chi connectivity index (χ1) is 5.20. The van der Waals surface area contributed by atoms with E-state index in [9.17, 15) is 0 Å². The van der Waals surface area contributed by atoms with Gasteiger partial charge in [0.15, 0.2) is 0 Å². The molecule has 3 heteroatoms. The van der Waals surface area contributed by atoms with Gasteiger partial charge in [0.25, 0.3) is 0 Å². The fourth-order valence-corrected chi connectivity index (χ4v) is 0.527. The molecule has 1 N–H and O–H groups in total. The largest absolute Gasteiger partial charge is 0.352 e. The molecule has 0 aliphatic rings.